The van der Waals surface area contributed by atoms with Gasteiger partial charge in [0.1, 0.15) is 11.6 Å². The van der Waals surface area contributed by atoms with E-state index in [1.54, 1.807) is 26.8 Å². The summed E-state index contributed by atoms with van der Waals surface area (Å²) in [7, 11) is 1.27. The zero-order valence-corrected chi connectivity index (χ0v) is 16.6. The Morgan fingerprint density at radius 2 is 2.07 bits per heavy atom. The van der Waals surface area contributed by atoms with Crippen LogP contribution in [0.2, 0.25) is 5.02 Å². The van der Waals surface area contributed by atoms with Crippen LogP contribution in [0.1, 0.15) is 26.3 Å². The van der Waals surface area contributed by atoms with Gasteiger partial charge in [-0.3, -0.25) is 0 Å². The number of aromatic nitrogens is 1. The molecular formula is C20H23ClN2O4. The van der Waals surface area contributed by atoms with Crippen molar-refractivity contribution in [2.75, 3.05) is 7.11 Å². The smallest absolute Gasteiger partial charge is 0.408 e. The maximum atomic E-state index is 12.2. The van der Waals surface area contributed by atoms with Crippen LogP contribution in [-0.2, 0) is 27.2 Å². The van der Waals surface area contributed by atoms with E-state index in [-0.39, 0.29) is 6.42 Å². The van der Waals surface area contributed by atoms with Gasteiger partial charge in [-0.1, -0.05) is 29.7 Å². The highest BCUT2D eigenvalue weighted by atomic mass is 35.5. The fourth-order valence-electron chi connectivity index (χ4n) is 2.78. The van der Waals surface area contributed by atoms with Crippen molar-refractivity contribution >= 4 is 34.6 Å². The highest BCUT2D eigenvalue weighted by Crippen LogP contribution is 2.29. The molecule has 1 aromatic carbocycles. The molecule has 6 nitrogen and oxygen atoms in total. The minimum Gasteiger partial charge on any atom is -0.467 e. The van der Waals surface area contributed by atoms with E-state index in [0.29, 0.717) is 11.6 Å². The van der Waals surface area contributed by atoms with E-state index >= 15 is 0 Å². The average Bonchev–Trinajstić information content (AvgIpc) is 2.91. The second-order valence-electron chi connectivity index (χ2n) is 7.05. The third-order valence-electron chi connectivity index (χ3n) is 3.79. The summed E-state index contributed by atoms with van der Waals surface area (Å²) in [6.07, 6.45) is 6.80. The maximum absolute atomic E-state index is 12.2. The second-order valence-corrected chi connectivity index (χ2v) is 7.46. The van der Waals surface area contributed by atoms with Gasteiger partial charge in [0.05, 0.1) is 24.2 Å². The number of amides is 1. The molecule has 27 heavy (non-hydrogen) atoms. The van der Waals surface area contributed by atoms with Gasteiger partial charge < -0.3 is 19.4 Å². The number of hydrogen-bond donors (Lipinski definition) is 1. The maximum Gasteiger partial charge on any atom is 0.408 e. The zero-order valence-electron chi connectivity index (χ0n) is 15.8. The summed E-state index contributed by atoms with van der Waals surface area (Å²) < 4.78 is 11.9. The lowest BCUT2D eigenvalue weighted by Gasteiger charge is -2.22. The molecule has 0 aliphatic carbocycles. The minimum absolute atomic E-state index is 0.209. The Hall–Kier alpha value is -2.65. The molecule has 144 valence electrons. The molecule has 2 rings (SSSR count). The first-order chi connectivity index (χ1) is 12.7. The molecule has 0 aliphatic rings. The largest absolute Gasteiger partial charge is 0.467 e. The number of fused-ring (bicyclic) bond motifs is 1. The number of hydrogen-bond acceptors (Lipinski definition) is 4. The van der Waals surface area contributed by atoms with Crippen LogP contribution in [0.15, 0.2) is 24.4 Å². The predicted octanol–water partition coefficient (Wildman–Crippen LogP) is 3.54. The molecule has 0 saturated heterocycles. The summed E-state index contributed by atoms with van der Waals surface area (Å²) >= 11 is 6.32. The number of para-hydroxylation sites is 1. The van der Waals surface area contributed by atoms with Crippen LogP contribution < -0.4 is 5.32 Å². The Morgan fingerprint density at radius 1 is 1.37 bits per heavy atom. The van der Waals surface area contributed by atoms with Crippen LogP contribution in [0.5, 0.6) is 0 Å². The summed E-state index contributed by atoms with van der Waals surface area (Å²) in [4.78, 5) is 24.3. The Balaban J connectivity index is 2.35. The van der Waals surface area contributed by atoms with Crippen molar-refractivity contribution in [3.05, 3.63) is 35.0 Å². The van der Waals surface area contributed by atoms with Crippen molar-refractivity contribution in [2.24, 2.45) is 0 Å². The molecule has 0 fully saturated rings. The predicted molar refractivity (Wildman–Crippen MR) is 105 cm³/mol. The second kappa shape index (κ2) is 8.36. The van der Waals surface area contributed by atoms with Gasteiger partial charge in [-0.2, -0.15) is 0 Å². The molecule has 1 atom stereocenters. The highest BCUT2D eigenvalue weighted by molar-refractivity contribution is 6.35. The van der Waals surface area contributed by atoms with Crippen LogP contribution in [0.3, 0.4) is 0 Å². The molecule has 0 bridgehead atoms. The minimum atomic E-state index is -0.909. The van der Waals surface area contributed by atoms with Gasteiger partial charge in [-0.15, -0.1) is 6.42 Å². The molecule has 1 aromatic heterocycles. The molecule has 1 heterocycles. The van der Waals surface area contributed by atoms with Gasteiger partial charge >= 0.3 is 12.1 Å². The van der Waals surface area contributed by atoms with Crippen molar-refractivity contribution in [1.29, 1.82) is 0 Å². The van der Waals surface area contributed by atoms with Crippen LogP contribution in [-0.4, -0.2) is 35.4 Å². The summed E-state index contributed by atoms with van der Waals surface area (Å²) in [6, 6.07) is 4.58. The molecule has 0 aliphatic heterocycles. The summed E-state index contributed by atoms with van der Waals surface area (Å²) in [5.74, 6) is 2.02. The Morgan fingerprint density at radius 3 is 2.67 bits per heavy atom. The Labute approximate surface area is 163 Å². The van der Waals surface area contributed by atoms with Crippen molar-refractivity contribution in [3.63, 3.8) is 0 Å². The van der Waals surface area contributed by atoms with E-state index in [9.17, 15) is 9.59 Å². The quantitative estimate of drug-likeness (QED) is 0.626. The fraction of sp³-hybridized carbons (Fsp3) is 0.400. The number of nitrogens with zero attached hydrogens (tertiary/aromatic N) is 1. The van der Waals surface area contributed by atoms with Gasteiger partial charge in [0.25, 0.3) is 0 Å². The third-order valence-corrected chi connectivity index (χ3v) is 4.10. The monoisotopic (exact) mass is 390 g/mol. The van der Waals surface area contributed by atoms with Crippen LogP contribution in [0, 0.1) is 12.3 Å². The molecule has 0 spiro atoms. The number of nitrogens with one attached hydrogen (secondary N) is 1. The number of rotatable bonds is 5. The molecule has 0 saturated carbocycles. The zero-order chi connectivity index (χ0) is 20.2. The van der Waals surface area contributed by atoms with Gasteiger partial charge in [-0.25, -0.2) is 9.59 Å². The number of benzene rings is 1. The van der Waals surface area contributed by atoms with E-state index in [1.165, 1.54) is 7.11 Å². The van der Waals surface area contributed by atoms with Crippen LogP contribution >= 0.6 is 11.6 Å². The number of carbonyl (C=O) groups is 2. The fourth-order valence-corrected chi connectivity index (χ4v) is 3.06. The normalized spacial score (nSPS) is 12.3. The van der Waals surface area contributed by atoms with Gasteiger partial charge in [0.15, 0.2) is 0 Å². The SMILES string of the molecule is C#CCn1cc(C[C@H](NC(=O)OC(C)(C)C)C(=O)OC)c2cccc(Cl)c21. The lowest BCUT2D eigenvalue weighted by molar-refractivity contribution is -0.143. The van der Waals surface area contributed by atoms with Crippen molar-refractivity contribution < 1.29 is 19.1 Å². The molecule has 1 N–H and O–H groups in total. The third kappa shape index (κ3) is 5.18. The summed E-state index contributed by atoms with van der Waals surface area (Å²) in [6.45, 7) is 5.57. The van der Waals surface area contributed by atoms with Crippen molar-refractivity contribution in [1.82, 2.24) is 9.88 Å². The topological polar surface area (TPSA) is 69.6 Å². The van der Waals surface area contributed by atoms with E-state index < -0.39 is 23.7 Å². The van der Waals surface area contributed by atoms with Gasteiger partial charge in [0.2, 0.25) is 0 Å². The molecule has 0 radical (unpaired) electrons. The summed E-state index contributed by atoms with van der Waals surface area (Å²) in [5.41, 5.74) is 0.920. The molecule has 1 amide bonds. The standard InChI is InChI=1S/C20H23ClN2O4/c1-6-10-23-12-13(14-8-7-9-15(21)17(14)23)11-16(18(24)26-5)22-19(25)27-20(2,3)4/h1,7-9,12,16H,10-11H2,2-5H3,(H,22,25)/t16-/m0/s1. The van der Waals surface area contributed by atoms with Gasteiger partial charge in [-0.05, 0) is 32.4 Å². The number of esters is 1. The molecule has 7 heteroatoms. The van der Waals surface area contributed by atoms with E-state index in [4.69, 9.17) is 27.5 Å². The first kappa shape index (κ1) is 20.7. The number of terminal acetylenes is 1. The first-order valence-corrected chi connectivity index (χ1v) is 8.81. The molecule has 2 aromatic rings. The van der Waals surface area contributed by atoms with E-state index in [2.05, 4.69) is 11.2 Å². The number of halogens is 1. The van der Waals surface area contributed by atoms with E-state index in [0.717, 1.165) is 16.5 Å². The number of methoxy groups -OCH3 is 1. The number of carbonyl (C=O) groups excluding carboxylic acids is 2. The number of alkyl carbamates (subject to hydrolysis) is 1. The average molecular weight is 391 g/mol. The molecule has 0 unspecified atom stereocenters. The lowest BCUT2D eigenvalue weighted by Crippen LogP contribution is -2.45. The van der Waals surface area contributed by atoms with Crippen LogP contribution in [0.4, 0.5) is 4.79 Å². The van der Waals surface area contributed by atoms with Crippen molar-refractivity contribution in [2.45, 2.75) is 45.4 Å². The number of ether oxygens (including phenoxy) is 2. The summed E-state index contributed by atoms with van der Waals surface area (Å²) in [5, 5.41) is 3.99. The van der Waals surface area contributed by atoms with Crippen molar-refractivity contribution in [3.8, 4) is 12.3 Å². The lowest BCUT2D eigenvalue weighted by atomic mass is 10.1. The molecular weight excluding hydrogens is 368 g/mol. The Kier molecular flexibility index (Phi) is 6.40. The van der Waals surface area contributed by atoms with Gasteiger partial charge in [0, 0.05) is 18.0 Å². The van der Waals surface area contributed by atoms with E-state index in [1.807, 2.05) is 22.9 Å². The van der Waals surface area contributed by atoms with Crippen LogP contribution in [0.25, 0.3) is 10.9 Å². The Bertz CT molecular complexity index is 890. The highest BCUT2D eigenvalue weighted by Gasteiger charge is 2.26. The first-order valence-electron chi connectivity index (χ1n) is 8.43.